The van der Waals surface area contributed by atoms with E-state index in [1.165, 1.54) is 35.4 Å². The summed E-state index contributed by atoms with van der Waals surface area (Å²) >= 11 is 0. The van der Waals surface area contributed by atoms with Gasteiger partial charge in [-0.25, -0.2) is 9.59 Å². The van der Waals surface area contributed by atoms with Gasteiger partial charge in [-0.2, -0.15) is 0 Å². The van der Waals surface area contributed by atoms with E-state index in [0.717, 1.165) is 12.8 Å². The summed E-state index contributed by atoms with van der Waals surface area (Å²) in [5.74, 6) is -0.478. The van der Waals surface area contributed by atoms with Crippen molar-refractivity contribution in [3.05, 3.63) is 51.1 Å². The largest absolute Gasteiger partial charge is 0.458 e. The molecule has 2 aliphatic rings. The SMILES string of the molecule is CN(C(=O)OC(C)(C)C)C1CC2=C(CC(OC(=O)c3ccc([N+](=O)[O-])cc3)C2)C1. The first-order valence-corrected chi connectivity index (χ1v) is 9.64. The van der Waals surface area contributed by atoms with E-state index < -0.39 is 16.5 Å². The lowest BCUT2D eigenvalue weighted by Gasteiger charge is -2.29. The maximum Gasteiger partial charge on any atom is 0.410 e. The fourth-order valence-corrected chi connectivity index (χ4v) is 3.79. The fraction of sp³-hybridized carbons (Fsp3) is 0.524. The molecule has 3 rings (SSSR count). The first kappa shape index (κ1) is 20.8. The molecular weight excluding hydrogens is 376 g/mol. The molecule has 0 unspecified atom stereocenters. The van der Waals surface area contributed by atoms with Gasteiger partial charge in [-0.1, -0.05) is 11.1 Å². The summed E-state index contributed by atoms with van der Waals surface area (Å²) in [6, 6.07) is 5.47. The topological polar surface area (TPSA) is 99.0 Å². The first-order valence-electron chi connectivity index (χ1n) is 9.64. The minimum atomic E-state index is -0.530. The van der Waals surface area contributed by atoms with Crippen LogP contribution in [0.5, 0.6) is 0 Å². The van der Waals surface area contributed by atoms with Crippen LogP contribution in [0, 0.1) is 10.1 Å². The number of amides is 1. The van der Waals surface area contributed by atoms with E-state index in [4.69, 9.17) is 9.47 Å². The molecule has 2 aliphatic carbocycles. The summed E-state index contributed by atoms with van der Waals surface area (Å²) in [5.41, 5.74) is 2.18. The molecule has 0 aliphatic heterocycles. The molecule has 1 aromatic carbocycles. The Morgan fingerprint density at radius 3 is 2.10 bits per heavy atom. The van der Waals surface area contributed by atoms with Gasteiger partial charge in [0, 0.05) is 38.1 Å². The smallest absolute Gasteiger partial charge is 0.410 e. The lowest BCUT2D eigenvalue weighted by molar-refractivity contribution is -0.384. The predicted molar refractivity (Wildman–Crippen MR) is 106 cm³/mol. The first-order chi connectivity index (χ1) is 13.5. The zero-order chi connectivity index (χ0) is 21.3. The normalized spacial score (nSPS) is 17.2. The third kappa shape index (κ3) is 4.93. The van der Waals surface area contributed by atoms with E-state index in [1.54, 1.807) is 11.9 Å². The number of nitrogens with zero attached hydrogens (tertiary/aromatic N) is 2. The predicted octanol–water partition coefficient (Wildman–Crippen LogP) is 4.24. The van der Waals surface area contributed by atoms with Crippen molar-refractivity contribution in [1.82, 2.24) is 4.90 Å². The van der Waals surface area contributed by atoms with Crippen LogP contribution >= 0.6 is 0 Å². The number of hydrogen-bond acceptors (Lipinski definition) is 6. The van der Waals surface area contributed by atoms with Gasteiger partial charge in [0.1, 0.15) is 11.7 Å². The summed E-state index contributed by atoms with van der Waals surface area (Å²) in [4.78, 5) is 36.4. The molecule has 1 aromatic rings. The molecule has 0 heterocycles. The third-order valence-corrected chi connectivity index (χ3v) is 5.23. The van der Waals surface area contributed by atoms with Gasteiger partial charge in [-0.3, -0.25) is 10.1 Å². The van der Waals surface area contributed by atoms with Crippen molar-refractivity contribution in [3.8, 4) is 0 Å². The Morgan fingerprint density at radius 2 is 1.62 bits per heavy atom. The zero-order valence-electron chi connectivity index (χ0n) is 17.1. The van der Waals surface area contributed by atoms with Crippen LogP contribution in [0.25, 0.3) is 0 Å². The van der Waals surface area contributed by atoms with Gasteiger partial charge in [0.25, 0.3) is 5.69 Å². The highest BCUT2D eigenvalue weighted by Gasteiger charge is 2.37. The van der Waals surface area contributed by atoms with Gasteiger partial charge in [-0.05, 0) is 45.7 Å². The Morgan fingerprint density at radius 1 is 1.07 bits per heavy atom. The van der Waals surface area contributed by atoms with E-state index in [1.807, 2.05) is 20.8 Å². The molecule has 29 heavy (non-hydrogen) atoms. The lowest BCUT2D eigenvalue weighted by Crippen LogP contribution is -2.40. The molecule has 0 fully saturated rings. The van der Waals surface area contributed by atoms with Gasteiger partial charge in [0.2, 0.25) is 0 Å². The van der Waals surface area contributed by atoms with Crippen LogP contribution in [0.3, 0.4) is 0 Å². The molecule has 0 spiro atoms. The van der Waals surface area contributed by atoms with Gasteiger partial charge in [-0.15, -0.1) is 0 Å². The van der Waals surface area contributed by atoms with Crippen molar-refractivity contribution >= 4 is 17.7 Å². The second-order valence-corrected chi connectivity index (χ2v) is 8.60. The summed E-state index contributed by atoms with van der Waals surface area (Å²) < 4.78 is 11.0. The summed E-state index contributed by atoms with van der Waals surface area (Å²) in [7, 11) is 1.76. The maximum atomic E-state index is 12.3. The Bertz CT molecular complexity index is 835. The molecule has 0 saturated heterocycles. The van der Waals surface area contributed by atoms with Crippen LogP contribution in [0.2, 0.25) is 0 Å². The van der Waals surface area contributed by atoms with Crippen LogP contribution in [-0.4, -0.2) is 46.7 Å². The lowest BCUT2D eigenvalue weighted by atomic mass is 10.1. The Kier molecular flexibility index (Phi) is 5.64. The highest BCUT2D eigenvalue weighted by atomic mass is 16.6. The molecule has 0 bridgehead atoms. The molecule has 8 heteroatoms. The quantitative estimate of drug-likeness (QED) is 0.323. The average molecular weight is 402 g/mol. The summed E-state index contributed by atoms with van der Waals surface area (Å²) in [6.07, 6.45) is 2.28. The number of benzene rings is 1. The second-order valence-electron chi connectivity index (χ2n) is 8.60. The van der Waals surface area contributed by atoms with E-state index in [0.29, 0.717) is 18.4 Å². The number of rotatable bonds is 4. The second kappa shape index (κ2) is 7.85. The number of hydrogen-bond donors (Lipinski definition) is 0. The molecule has 0 radical (unpaired) electrons. The van der Waals surface area contributed by atoms with Crippen LogP contribution in [0.1, 0.15) is 56.8 Å². The van der Waals surface area contributed by atoms with Crippen molar-refractivity contribution in [1.29, 1.82) is 0 Å². The molecular formula is C21H26N2O6. The number of nitro groups is 1. The zero-order valence-corrected chi connectivity index (χ0v) is 17.1. The Hall–Kier alpha value is -2.90. The average Bonchev–Trinajstić information content (AvgIpc) is 3.18. The third-order valence-electron chi connectivity index (χ3n) is 5.23. The number of carbonyl (C=O) groups is 2. The van der Waals surface area contributed by atoms with Crippen LogP contribution in [-0.2, 0) is 9.47 Å². The maximum absolute atomic E-state index is 12.3. The molecule has 1 amide bonds. The minimum Gasteiger partial charge on any atom is -0.458 e. The molecule has 0 atom stereocenters. The molecule has 0 aromatic heterocycles. The number of esters is 1. The fourth-order valence-electron chi connectivity index (χ4n) is 3.79. The Labute approximate surface area is 169 Å². The van der Waals surface area contributed by atoms with Crippen LogP contribution in [0.4, 0.5) is 10.5 Å². The van der Waals surface area contributed by atoms with Gasteiger partial charge < -0.3 is 14.4 Å². The van der Waals surface area contributed by atoms with Crippen molar-refractivity contribution < 1.29 is 24.0 Å². The Balaban J connectivity index is 1.51. The number of carbonyl (C=O) groups excluding carboxylic acids is 2. The summed E-state index contributed by atoms with van der Waals surface area (Å²) in [6.45, 7) is 5.53. The molecule has 156 valence electrons. The van der Waals surface area contributed by atoms with E-state index >= 15 is 0 Å². The standard InChI is InChI=1S/C21H26N2O6/c1-21(2,3)29-20(25)22(4)17-9-14-11-18(12-15(14)10-17)28-19(24)13-5-7-16(8-6-13)23(26)27/h5-8,17-18H,9-12H2,1-4H3. The van der Waals surface area contributed by atoms with Crippen molar-refractivity contribution in [2.45, 2.75) is 64.2 Å². The van der Waals surface area contributed by atoms with Gasteiger partial charge in [0.15, 0.2) is 0 Å². The highest BCUT2D eigenvalue weighted by molar-refractivity contribution is 5.89. The van der Waals surface area contributed by atoms with E-state index in [9.17, 15) is 19.7 Å². The van der Waals surface area contributed by atoms with Crippen molar-refractivity contribution in [3.63, 3.8) is 0 Å². The van der Waals surface area contributed by atoms with Crippen LogP contribution in [0.15, 0.2) is 35.4 Å². The monoisotopic (exact) mass is 402 g/mol. The van der Waals surface area contributed by atoms with Gasteiger partial charge >= 0.3 is 12.1 Å². The number of nitro benzene ring substituents is 1. The van der Waals surface area contributed by atoms with Gasteiger partial charge in [0.05, 0.1) is 10.5 Å². The van der Waals surface area contributed by atoms with E-state index in [-0.39, 0.29) is 23.9 Å². The number of non-ortho nitro benzene ring substituents is 1. The number of ether oxygens (including phenoxy) is 2. The van der Waals surface area contributed by atoms with Crippen molar-refractivity contribution in [2.75, 3.05) is 7.05 Å². The highest BCUT2D eigenvalue weighted by Crippen LogP contribution is 2.42. The molecule has 0 saturated carbocycles. The molecule has 0 N–H and O–H groups in total. The van der Waals surface area contributed by atoms with Crippen LogP contribution < -0.4 is 0 Å². The molecule has 8 nitrogen and oxygen atoms in total. The summed E-state index contributed by atoms with van der Waals surface area (Å²) in [5, 5.41) is 10.7. The van der Waals surface area contributed by atoms with E-state index in [2.05, 4.69) is 0 Å². The van der Waals surface area contributed by atoms with Crippen molar-refractivity contribution in [2.24, 2.45) is 0 Å². The minimum absolute atomic E-state index is 0.0665.